The van der Waals surface area contributed by atoms with Gasteiger partial charge in [-0.1, -0.05) is 0 Å². The summed E-state index contributed by atoms with van der Waals surface area (Å²) in [6, 6.07) is 0. The maximum Gasteiger partial charge on any atom is 0.306 e. The van der Waals surface area contributed by atoms with Crippen LogP contribution in [0.15, 0.2) is 0 Å². The number of rotatable bonds is 5. The van der Waals surface area contributed by atoms with Gasteiger partial charge in [0.25, 0.3) is 0 Å². The van der Waals surface area contributed by atoms with Crippen LogP contribution in [-0.2, 0) is 14.3 Å². The van der Waals surface area contributed by atoms with Crippen molar-refractivity contribution in [2.24, 2.45) is 0 Å². The molecule has 0 rings (SSSR count). The van der Waals surface area contributed by atoms with Crippen LogP contribution in [0.25, 0.3) is 0 Å². The Morgan fingerprint density at radius 3 is 2.18 bits per heavy atom. The molecule has 0 heterocycles. The molecule has 0 spiro atoms. The standard InChI is InChI=1S/C6H12O5/c1-10-6(11-2)4(7)3-5(8)9/h4,6-7H,3H2,1-2H3,(H,8,9)/t4-/m0/s1. The van der Waals surface area contributed by atoms with Crippen LogP contribution in [0.2, 0.25) is 0 Å². The Kier molecular flexibility index (Phi) is 4.76. The van der Waals surface area contributed by atoms with Gasteiger partial charge in [-0.05, 0) is 0 Å². The van der Waals surface area contributed by atoms with Crippen LogP contribution in [-0.4, -0.2) is 42.8 Å². The molecule has 11 heavy (non-hydrogen) atoms. The van der Waals surface area contributed by atoms with Crippen LogP contribution in [0.3, 0.4) is 0 Å². The summed E-state index contributed by atoms with van der Waals surface area (Å²) in [4.78, 5) is 10.1. The van der Waals surface area contributed by atoms with Crippen molar-refractivity contribution in [3.05, 3.63) is 0 Å². The molecule has 0 radical (unpaired) electrons. The second-order valence-electron chi connectivity index (χ2n) is 2.01. The van der Waals surface area contributed by atoms with Crippen molar-refractivity contribution in [3.63, 3.8) is 0 Å². The van der Waals surface area contributed by atoms with Crippen molar-refractivity contribution in [1.29, 1.82) is 0 Å². The predicted octanol–water partition coefficient (Wildman–Crippen LogP) is -0.559. The maximum absolute atomic E-state index is 10.1. The van der Waals surface area contributed by atoms with Gasteiger partial charge in [-0.2, -0.15) is 0 Å². The zero-order valence-electron chi connectivity index (χ0n) is 6.48. The highest BCUT2D eigenvalue weighted by Gasteiger charge is 2.20. The van der Waals surface area contributed by atoms with Gasteiger partial charge in [-0.3, -0.25) is 4.79 Å². The Hall–Kier alpha value is -0.650. The van der Waals surface area contributed by atoms with Crippen molar-refractivity contribution in [2.75, 3.05) is 14.2 Å². The molecule has 2 N–H and O–H groups in total. The zero-order valence-corrected chi connectivity index (χ0v) is 6.48. The fraction of sp³-hybridized carbons (Fsp3) is 0.833. The molecule has 5 heteroatoms. The van der Waals surface area contributed by atoms with Gasteiger partial charge in [0.1, 0.15) is 6.10 Å². The monoisotopic (exact) mass is 164 g/mol. The maximum atomic E-state index is 10.1. The first-order valence-corrected chi connectivity index (χ1v) is 3.07. The highest BCUT2D eigenvalue weighted by Crippen LogP contribution is 2.02. The molecule has 0 aliphatic rings. The van der Waals surface area contributed by atoms with E-state index in [2.05, 4.69) is 9.47 Å². The molecule has 0 amide bonds. The Morgan fingerprint density at radius 2 is 1.91 bits per heavy atom. The molecule has 0 bridgehead atoms. The van der Waals surface area contributed by atoms with Crippen LogP contribution in [0.5, 0.6) is 0 Å². The fourth-order valence-electron chi connectivity index (χ4n) is 0.686. The number of ether oxygens (including phenoxy) is 2. The van der Waals surface area contributed by atoms with E-state index in [4.69, 9.17) is 10.2 Å². The van der Waals surface area contributed by atoms with Crippen LogP contribution in [0, 0.1) is 0 Å². The van der Waals surface area contributed by atoms with Crippen LogP contribution >= 0.6 is 0 Å². The Bertz CT molecular complexity index is 120. The van der Waals surface area contributed by atoms with Crippen molar-refractivity contribution in [3.8, 4) is 0 Å². The first-order valence-electron chi connectivity index (χ1n) is 3.07. The number of methoxy groups -OCH3 is 2. The molecule has 0 unspecified atom stereocenters. The molecule has 0 aromatic rings. The largest absolute Gasteiger partial charge is 0.481 e. The number of hydrogen-bond acceptors (Lipinski definition) is 4. The minimum atomic E-state index is -1.12. The molecular formula is C6H12O5. The van der Waals surface area contributed by atoms with Gasteiger partial charge >= 0.3 is 5.97 Å². The lowest BCUT2D eigenvalue weighted by molar-refractivity contribution is -0.173. The molecule has 0 fully saturated rings. The molecule has 0 aliphatic carbocycles. The number of aliphatic hydroxyl groups excluding tert-OH is 1. The Balaban J connectivity index is 3.78. The molecule has 66 valence electrons. The van der Waals surface area contributed by atoms with Crippen molar-refractivity contribution < 1.29 is 24.5 Å². The van der Waals surface area contributed by atoms with Crippen LogP contribution in [0.4, 0.5) is 0 Å². The number of carboxylic acids is 1. The van der Waals surface area contributed by atoms with Gasteiger partial charge in [0.05, 0.1) is 6.42 Å². The molecule has 0 aromatic heterocycles. The Morgan fingerprint density at radius 1 is 1.45 bits per heavy atom. The number of aliphatic carboxylic acids is 1. The molecular weight excluding hydrogens is 152 g/mol. The van der Waals surface area contributed by atoms with Gasteiger partial charge in [-0.15, -0.1) is 0 Å². The van der Waals surface area contributed by atoms with Crippen molar-refractivity contribution in [2.45, 2.75) is 18.8 Å². The predicted molar refractivity (Wildman–Crippen MR) is 36.1 cm³/mol. The number of aliphatic hydroxyl groups is 1. The van der Waals surface area contributed by atoms with E-state index in [1.807, 2.05) is 0 Å². The quantitative estimate of drug-likeness (QED) is 0.533. The van der Waals surface area contributed by atoms with E-state index in [1.165, 1.54) is 14.2 Å². The van der Waals surface area contributed by atoms with E-state index in [1.54, 1.807) is 0 Å². The fourth-order valence-corrected chi connectivity index (χ4v) is 0.686. The number of carbonyl (C=O) groups is 1. The summed E-state index contributed by atoms with van der Waals surface area (Å²) in [5, 5.41) is 17.3. The summed E-state index contributed by atoms with van der Waals surface area (Å²) in [6.45, 7) is 0. The van der Waals surface area contributed by atoms with E-state index in [-0.39, 0.29) is 6.42 Å². The summed E-state index contributed by atoms with van der Waals surface area (Å²) < 4.78 is 9.25. The average molecular weight is 164 g/mol. The second kappa shape index (κ2) is 5.06. The second-order valence-corrected chi connectivity index (χ2v) is 2.01. The van der Waals surface area contributed by atoms with E-state index in [0.29, 0.717) is 0 Å². The van der Waals surface area contributed by atoms with Crippen LogP contribution < -0.4 is 0 Å². The van der Waals surface area contributed by atoms with E-state index in [0.717, 1.165) is 0 Å². The summed E-state index contributed by atoms with van der Waals surface area (Å²) in [5.74, 6) is -1.09. The van der Waals surface area contributed by atoms with Crippen molar-refractivity contribution in [1.82, 2.24) is 0 Å². The minimum Gasteiger partial charge on any atom is -0.481 e. The summed E-state index contributed by atoms with van der Waals surface area (Å²) in [7, 11) is 2.67. The van der Waals surface area contributed by atoms with Gasteiger partial charge in [0.15, 0.2) is 6.29 Å². The summed E-state index contributed by atoms with van der Waals surface area (Å²) in [6.07, 6.45) is -2.37. The van der Waals surface area contributed by atoms with Crippen LogP contribution in [0.1, 0.15) is 6.42 Å². The Labute approximate surface area is 64.5 Å². The first-order chi connectivity index (χ1) is 5.11. The van der Waals surface area contributed by atoms with Gasteiger partial charge in [0, 0.05) is 14.2 Å². The summed E-state index contributed by atoms with van der Waals surface area (Å²) >= 11 is 0. The van der Waals surface area contributed by atoms with Gasteiger partial charge in [-0.25, -0.2) is 0 Å². The third-order valence-corrected chi connectivity index (χ3v) is 1.16. The van der Waals surface area contributed by atoms with Gasteiger partial charge < -0.3 is 19.7 Å². The van der Waals surface area contributed by atoms with E-state index < -0.39 is 18.4 Å². The third kappa shape index (κ3) is 3.92. The molecule has 1 atom stereocenters. The van der Waals surface area contributed by atoms with E-state index in [9.17, 15) is 4.79 Å². The summed E-state index contributed by atoms with van der Waals surface area (Å²) in [5.41, 5.74) is 0. The smallest absolute Gasteiger partial charge is 0.306 e. The molecule has 0 aliphatic heterocycles. The topological polar surface area (TPSA) is 76.0 Å². The third-order valence-electron chi connectivity index (χ3n) is 1.16. The molecule has 0 aromatic carbocycles. The van der Waals surface area contributed by atoms with Gasteiger partial charge in [0.2, 0.25) is 0 Å². The average Bonchev–Trinajstić information content (AvgIpc) is 1.88. The van der Waals surface area contributed by atoms with Crippen molar-refractivity contribution >= 4 is 5.97 Å². The highest BCUT2D eigenvalue weighted by molar-refractivity contribution is 5.67. The number of hydrogen-bond donors (Lipinski definition) is 2. The SMILES string of the molecule is COC(OC)[C@@H](O)CC(=O)O. The normalized spacial score (nSPS) is 13.5. The molecule has 0 saturated carbocycles. The lowest BCUT2D eigenvalue weighted by Crippen LogP contribution is -2.31. The zero-order chi connectivity index (χ0) is 8.85. The lowest BCUT2D eigenvalue weighted by atomic mass is 10.2. The lowest BCUT2D eigenvalue weighted by Gasteiger charge is -2.17. The number of carboxylic acid groups (broad SMARTS) is 1. The highest BCUT2D eigenvalue weighted by atomic mass is 16.7. The van der Waals surface area contributed by atoms with E-state index >= 15 is 0 Å². The first kappa shape index (κ1) is 10.3. The molecule has 0 saturated heterocycles. The molecule has 5 nitrogen and oxygen atoms in total. The minimum absolute atomic E-state index is 0.383.